The summed E-state index contributed by atoms with van der Waals surface area (Å²) in [7, 11) is 0. The number of ether oxygens (including phenoxy) is 4. The monoisotopic (exact) mass is 620 g/mol. The molecule has 0 radical (unpaired) electrons. The van der Waals surface area contributed by atoms with E-state index >= 15 is 0 Å². The Morgan fingerprint density at radius 1 is 0.667 bits per heavy atom. The molecule has 10 nitrogen and oxygen atoms in total. The van der Waals surface area contributed by atoms with Crippen molar-refractivity contribution in [1.29, 1.82) is 0 Å². The number of carboxylic acid groups (broad SMARTS) is 2. The summed E-state index contributed by atoms with van der Waals surface area (Å²) in [6.07, 6.45) is 3.07. The van der Waals surface area contributed by atoms with Crippen molar-refractivity contribution in [3.63, 3.8) is 0 Å². The number of aliphatic carboxylic acids is 2. The van der Waals surface area contributed by atoms with Gasteiger partial charge in [0.2, 0.25) is 0 Å². The third-order valence-electron chi connectivity index (χ3n) is 6.98. The van der Waals surface area contributed by atoms with Crippen LogP contribution >= 0.6 is 0 Å². The van der Waals surface area contributed by atoms with Gasteiger partial charge in [-0.3, -0.25) is 0 Å². The van der Waals surface area contributed by atoms with E-state index in [-0.39, 0.29) is 48.7 Å². The Morgan fingerprint density at radius 2 is 1.00 bits per heavy atom. The molecule has 0 fully saturated rings. The first-order valence-corrected chi connectivity index (χ1v) is 14.1. The van der Waals surface area contributed by atoms with Crippen molar-refractivity contribution in [3.8, 4) is 11.5 Å². The molecule has 0 aliphatic carbocycles. The van der Waals surface area contributed by atoms with Crippen LogP contribution in [-0.2, 0) is 34.1 Å². The number of hydrogen-bond acceptors (Lipinski definition) is 8. The van der Waals surface area contributed by atoms with Crippen LogP contribution < -0.4 is 9.47 Å². The van der Waals surface area contributed by atoms with Crippen LogP contribution in [0.15, 0.2) is 96.1 Å². The van der Waals surface area contributed by atoms with E-state index in [1.807, 2.05) is 31.2 Å². The molecule has 2 N–H and O–H groups in total. The van der Waals surface area contributed by atoms with Gasteiger partial charge < -0.3 is 29.2 Å². The maximum absolute atomic E-state index is 11.8. The number of esters is 2. The van der Waals surface area contributed by atoms with Crippen LogP contribution in [0.4, 0.5) is 0 Å². The average Bonchev–Trinajstić information content (AvgIpc) is 3.00. The number of carbonyl (C=O) groups excluding carboxylic acids is 2. The number of carbonyl (C=O) groups is 4. The molecular formula is C35H40O10. The van der Waals surface area contributed by atoms with Crippen LogP contribution in [0.25, 0.3) is 0 Å². The standard InChI is InChI=1S/C35H40O10/c1-22(2)33(40)44-18-16-42-29-12-8-26(9-13-29)35(7,28(20-24(5)31(36)37)21-25(6)32(38)39)27-10-14-30(15-11-27)43-17-19-45-34(41)23(3)4/h8-15,20-21,28H,1,3,16-19H2,2,4-7H3,(H,36,37)(H,38,39). The van der Waals surface area contributed by atoms with Gasteiger partial charge in [-0.05, 0) is 63.1 Å². The Balaban J connectivity index is 2.47. The predicted molar refractivity (Wildman–Crippen MR) is 168 cm³/mol. The molecule has 0 bridgehead atoms. The summed E-state index contributed by atoms with van der Waals surface area (Å²) in [6.45, 7) is 15.3. The van der Waals surface area contributed by atoms with Crippen LogP contribution in [0.2, 0.25) is 0 Å². The summed E-state index contributed by atoms with van der Waals surface area (Å²) in [5.74, 6) is -2.96. The zero-order valence-corrected chi connectivity index (χ0v) is 26.3. The Bertz CT molecular complexity index is 1360. The largest absolute Gasteiger partial charge is 0.490 e. The first-order chi connectivity index (χ1) is 21.2. The van der Waals surface area contributed by atoms with Crippen LogP contribution in [0.3, 0.4) is 0 Å². The molecule has 0 saturated heterocycles. The second kappa shape index (κ2) is 16.7. The molecular weight excluding hydrogens is 580 g/mol. The minimum Gasteiger partial charge on any atom is -0.490 e. The van der Waals surface area contributed by atoms with Crippen molar-refractivity contribution >= 4 is 23.9 Å². The predicted octanol–water partition coefficient (Wildman–Crippen LogP) is 5.67. The van der Waals surface area contributed by atoms with Crippen LogP contribution in [0.5, 0.6) is 11.5 Å². The van der Waals surface area contributed by atoms with Crippen LogP contribution in [-0.4, -0.2) is 60.5 Å². The normalized spacial score (nSPS) is 12.5. The Morgan fingerprint density at radius 3 is 1.29 bits per heavy atom. The second-order valence-electron chi connectivity index (χ2n) is 10.6. The van der Waals surface area contributed by atoms with Gasteiger partial charge in [0.15, 0.2) is 0 Å². The molecule has 45 heavy (non-hydrogen) atoms. The molecule has 0 aliphatic rings. The van der Waals surface area contributed by atoms with Crippen molar-refractivity contribution in [1.82, 2.24) is 0 Å². The van der Waals surface area contributed by atoms with E-state index < -0.39 is 35.2 Å². The zero-order chi connectivity index (χ0) is 33.7. The number of rotatable bonds is 17. The fourth-order valence-corrected chi connectivity index (χ4v) is 4.24. The van der Waals surface area contributed by atoms with Gasteiger partial charge in [-0.1, -0.05) is 56.5 Å². The Kier molecular flexibility index (Phi) is 13.3. The van der Waals surface area contributed by atoms with E-state index in [0.717, 1.165) is 11.1 Å². The maximum Gasteiger partial charge on any atom is 0.333 e. The van der Waals surface area contributed by atoms with E-state index in [9.17, 15) is 29.4 Å². The highest BCUT2D eigenvalue weighted by Gasteiger charge is 2.36. The number of allylic oxidation sites excluding steroid dienone is 2. The van der Waals surface area contributed by atoms with E-state index in [1.54, 1.807) is 38.1 Å². The van der Waals surface area contributed by atoms with Crippen molar-refractivity contribution in [2.45, 2.75) is 40.0 Å². The van der Waals surface area contributed by atoms with E-state index in [1.165, 1.54) is 26.0 Å². The third-order valence-corrected chi connectivity index (χ3v) is 6.98. The molecule has 0 aliphatic heterocycles. The summed E-state index contributed by atoms with van der Waals surface area (Å²) in [5.41, 5.74) is 1.21. The maximum atomic E-state index is 11.8. The van der Waals surface area contributed by atoms with Crippen molar-refractivity contribution in [2.24, 2.45) is 5.92 Å². The molecule has 0 atom stereocenters. The highest BCUT2D eigenvalue weighted by atomic mass is 16.6. The molecule has 0 heterocycles. The van der Waals surface area contributed by atoms with Gasteiger partial charge in [0, 0.05) is 33.6 Å². The molecule has 2 aromatic rings. The Labute approximate surface area is 263 Å². The lowest BCUT2D eigenvalue weighted by molar-refractivity contribution is -0.140. The summed E-state index contributed by atoms with van der Waals surface area (Å²) < 4.78 is 21.5. The second-order valence-corrected chi connectivity index (χ2v) is 10.6. The summed E-state index contributed by atoms with van der Waals surface area (Å²) in [5, 5.41) is 19.4. The van der Waals surface area contributed by atoms with E-state index in [4.69, 9.17) is 18.9 Å². The number of benzene rings is 2. The molecule has 0 amide bonds. The smallest absolute Gasteiger partial charge is 0.333 e. The quantitative estimate of drug-likeness (QED) is 0.129. The highest BCUT2D eigenvalue weighted by molar-refractivity contribution is 5.88. The first-order valence-electron chi connectivity index (χ1n) is 14.1. The van der Waals surface area contributed by atoms with Gasteiger partial charge in [0.1, 0.15) is 37.9 Å². The lowest BCUT2D eigenvalue weighted by Gasteiger charge is -2.37. The molecule has 0 saturated carbocycles. The van der Waals surface area contributed by atoms with Crippen LogP contribution in [0, 0.1) is 5.92 Å². The zero-order valence-electron chi connectivity index (χ0n) is 26.3. The van der Waals surface area contributed by atoms with Gasteiger partial charge in [-0.15, -0.1) is 0 Å². The third kappa shape index (κ3) is 10.5. The van der Waals surface area contributed by atoms with Gasteiger partial charge in [-0.25, -0.2) is 19.2 Å². The van der Waals surface area contributed by atoms with Crippen molar-refractivity contribution < 1.29 is 48.3 Å². The molecule has 0 spiro atoms. The molecule has 240 valence electrons. The van der Waals surface area contributed by atoms with Gasteiger partial charge in [0.25, 0.3) is 0 Å². The minimum atomic E-state index is -1.13. The minimum absolute atomic E-state index is 0.0382. The summed E-state index contributed by atoms with van der Waals surface area (Å²) in [4.78, 5) is 46.9. The molecule has 2 aromatic carbocycles. The molecule has 2 rings (SSSR count). The molecule has 10 heteroatoms. The summed E-state index contributed by atoms with van der Waals surface area (Å²) in [6, 6.07) is 14.2. The molecule has 0 aromatic heterocycles. The topological polar surface area (TPSA) is 146 Å². The number of hydrogen-bond donors (Lipinski definition) is 2. The summed E-state index contributed by atoms with van der Waals surface area (Å²) >= 11 is 0. The van der Waals surface area contributed by atoms with E-state index in [0.29, 0.717) is 11.5 Å². The van der Waals surface area contributed by atoms with Gasteiger partial charge in [0.05, 0.1) is 0 Å². The first kappa shape index (κ1) is 36.1. The number of carboxylic acids is 2. The highest BCUT2D eigenvalue weighted by Crippen LogP contribution is 2.42. The lowest BCUT2D eigenvalue weighted by Crippen LogP contribution is -2.32. The van der Waals surface area contributed by atoms with Crippen molar-refractivity contribution in [3.05, 3.63) is 107 Å². The fraction of sp³-hybridized carbons (Fsp3) is 0.314. The fourth-order valence-electron chi connectivity index (χ4n) is 4.24. The average molecular weight is 621 g/mol. The SMILES string of the molecule is C=C(C)C(=O)OCCOc1ccc(C(C)(c2ccc(OCCOC(=O)C(=C)C)cc2)C(C=C(C)C(=O)O)C=C(C)C(=O)O)cc1. The van der Waals surface area contributed by atoms with E-state index in [2.05, 4.69) is 13.2 Å². The van der Waals surface area contributed by atoms with Gasteiger partial charge in [-0.2, -0.15) is 0 Å². The molecule has 0 unspecified atom stereocenters. The van der Waals surface area contributed by atoms with Crippen LogP contribution in [0.1, 0.15) is 45.7 Å². The van der Waals surface area contributed by atoms with Crippen molar-refractivity contribution in [2.75, 3.05) is 26.4 Å². The lowest BCUT2D eigenvalue weighted by atomic mass is 9.66. The van der Waals surface area contributed by atoms with Gasteiger partial charge >= 0.3 is 23.9 Å². The Hall–Kier alpha value is -5.12.